The van der Waals surface area contributed by atoms with E-state index in [1.165, 1.54) is 38.1 Å². The van der Waals surface area contributed by atoms with Crippen LogP contribution in [0.15, 0.2) is 24.3 Å². The highest BCUT2D eigenvalue weighted by Gasteiger charge is 2.27. The predicted molar refractivity (Wildman–Crippen MR) is 134 cm³/mol. The van der Waals surface area contributed by atoms with Crippen LogP contribution in [0.4, 0.5) is 0 Å². The standard InChI is InChI=1S/C23H36N3O11P/c1-15(25-16(2)27)8-10-35-13-19(26-17(3)28)14-37-38(33,34)36-11-9-24-22(30)21(23(31)32)12-18-4-6-20(29)7-5-18/h4-7,15,19,21,29H,8-14H2,1-3H3,(H,24,30)(H,25,27)(H,26,28)(H,31,32)(H,33,34)/t15-,19+,21?/m0/s1. The number of hydrogen-bond donors (Lipinski definition) is 6. The van der Waals surface area contributed by atoms with E-state index in [4.69, 9.17) is 13.8 Å². The van der Waals surface area contributed by atoms with E-state index in [2.05, 4.69) is 16.0 Å². The zero-order chi connectivity index (χ0) is 28.7. The molecule has 0 aliphatic rings. The van der Waals surface area contributed by atoms with Gasteiger partial charge >= 0.3 is 13.8 Å². The van der Waals surface area contributed by atoms with E-state index in [1.54, 1.807) is 6.92 Å². The van der Waals surface area contributed by atoms with Crippen LogP contribution in [0.2, 0.25) is 0 Å². The lowest BCUT2D eigenvalue weighted by Crippen LogP contribution is -2.40. The molecule has 0 heterocycles. The molecule has 0 saturated carbocycles. The zero-order valence-electron chi connectivity index (χ0n) is 21.5. The Hall–Kier alpha value is -3.03. The Morgan fingerprint density at radius 1 is 0.974 bits per heavy atom. The van der Waals surface area contributed by atoms with Crippen LogP contribution in [-0.4, -0.2) is 83.9 Å². The third kappa shape index (κ3) is 14.6. The molecule has 1 aromatic rings. The maximum Gasteiger partial charge on any atom is 0.472 e. The molecule has 0 bridgehead atoms. The van der Waals surface area contributed by atoms with Gasteiger partial charge in [-0.2, -0.15) is 0 Å². The van der Waals surface area contributed by atoms with Crippen LogP contribution in [0.5, 0.6) is 5.75 Å². The zero-order valence-corrected chi connectivity index (χ0v) is 22.4. The molecule has 2 unspecified atom stereocenters. The number of ether oxygens (including phenoxy) is 1. The first kappa shape index (κ1) is 33.0. The summed E-state index contributed by atoms with van der Waals surface area (Å²) in [6.07, 6.45) is 0.390. The first-order valence-electron chi connectivity index (χ1n) is 11.8. The first-order chi connectivity index (χ1) is 17.8. The van der Waals surface area contributed by atoms with Gasteiger partial charge in [0.25, 0.3) is 0 Å². The number of rotatable bonds is 18. The molecular formula is C23H36N3O11P. The van der Waals surface area contributed by atoms with Gasteiger partial charge in [0, 0.05) is 33.0 Å². The SMILES string of the molecule is CC(=O)N[C@H](COCC[C@H](C)NC(C)=O)COP(=O)(O)OCCNC(=O)C(Cc1ccc(O)cc1)C(=O)O. The second-order valence-corrected chi connectivity index (χ2v) is 9.97. The molecule has 1 rings (SSSR count). The summed E-state index contributed by atoms with van der Waals surface area (Å²) in [5.41, 5.74) is 0.523. The molecule has 0 saturated heterocycles. The molecule has 0 aromatic heterocycles. The maximum atomic E-state index is 12.3. The number of carbonyl (C=O) groups is 4. The minimum atomic E-state index is -4.57. The summed E-state index contributed by atoms with van der Waals surface area (Å²) >= 11 is 0. The number of phenols is 1. The van der Waals surface area contributed by atoms with Gasteiger partial charge < -0.3 is 35.8 Å². The molecule has 6 N–H and O–H groups in total. The van der Waals surface area contributed by atoms with Crippen molar-refractivity contribution in [3.05, 3.63) is 29.8 Å². The largest absolute Gasteiger partial charge is 0.508 e. The second kappa shape index (κ2) is 16.7. The summed E-state index contributed by atoms with van der Waals surface area (Å²) in [4.78, 5) is 56.1. The molecule has 1 aromatic carbocycles. The van der Waals surface area contributed by atoms with Gasteiger partial charge in [-0.1, -0.05) is 12.1 Å². The average Bonchev–Trinajstić information content (AvgIpc) is 2.81. The van der Waals surface area contributed by atoms with Gasteiger partial charge in [0.05, 0.1) is 25.9 Å². The van der Waals surface area contributed by atoms with Gasteiger partial charge in [0.1, 0.15) is 11.7 Å². The lowest BCUT2D eigenvalue weighted by Gasteiger charge is -2.20. The molecule has 0 fully saturated rings. The molecule has 0 radical (unpaired) electrons. The van der Waals surface area contributed by atoms with Crippen LogP contribution >= 0.6 is 7.82 Å². The number of benzene rings is 1. The normalized spacial score (nSPS) is 14.9. The Morgan fingerprint density at radius 2 is 1.61 bits per heavy atom. The van der Waals surface area contributed by atoms with Crippen molar-refractivity contribution in [3.8, 4) is 5.75 Å². The van der Waals surface area contributed by atoms with Crippen molar-refractivity contribution in [2.75, 3.05) is 33.0 Å². The third-order valence-electron chi connectivity index (χ3n) is 4.96. The number of aliphatic carboxylic acids is 1. The topological polar surface area (TPSA) is 210 Å². The highest BCUT2D eigenvalue weighted by Crippen LogP contribution is 2.42. The van der Waals surface area contributed by atoms with Crippen molar-refractivity contribution >= 4 is 31.5 Å². The van der Waals surface area contributed by atoms with Crippen LogP contribution in [0, 0.1) is 5.92 Å². The molecule has 3 amide bonds. The smallest absolute Gasteiger partial charge is 0.472 e. The fourth-order valence-corrected chi connectivity index (χ4v) is 3.93. The summed E-state index contributed by atoms with van der Waals surface area (Å²) in [5, 5.41) is 26.2. The molecule has 14 nitrogen and oxygen atoms in total. The minimum absolute atomic E-state index is 0.00197. The lowest BCUT2D eigenvalue weighted by atomic mass is 9.98. The molecule has 214 valence electrons. The van der Waals surface area contributed by atoms with Gasteiger partial charge in [-0.25, -0.2) is 4.57 Å². The van der Waals surface area contributed by atoms with Crippen LogP contribution in [0.3, 0.4) is 0 Å². The number of phosphoric ester groups is 1. The lowest BCUT2D eigenvalue weighted by molar-refractivity contribution is -0.147. The van der Waals surface area contributed by atoms with E-state index in [0.717, 1.165) is 0 Å². The monoisotopic (exact) mass is 561 g/mol. The molecule has 0 spiro atoms. The predicted octanol–water partition coefficient (Wildman–Crippen LogP) is 0.321. The number of amides is 3. The van der Waals surface area contributed by atoms with Gasteiger partial charge in [0.2, 0.25) is 17.7 Å². The van der Waals surface area contributed by atoms with E-state index < -0.39 is 50.8 Å². The summed E-state index contributed by atoms with van der Waals surface area (Å²) < 4.78 is 27.4. The average molecular weight is 562 g/mol. The van der Waals surface area contributed by atoms with Gasteiger partial charge in [-0.15, -0.1) is 0 Å². The molecule has 0 aliphatic carbocycles. The number of hydrogen-bond acceptors (Lipinski definition) is 9. The van der Waals surface area contributed by atoms with E-state index in [-0.39, 0.29) is 43.9 Å². The van der Waals surface area contributed by atoms with Crippen molar-refractivity contribution in [2.45, 2.75) is 45.7 Å². The van der Waals surface area contributed by atoms with E-state index in [1.807, 2.05) is 0 Å². The second-order valence-electron chi connectivity index (χ2n) is 8.51. The van der Waals surface area contributed by atoms with Crippen LogP contribution < -0.4 is 16.0 Å². The minimum Gasteiger partial charge on any atom is -0.508 e. The summed E-state index contributed by atoms with van der Waals surface area (Å²) in [7, 11) is -4.57. The number of carbonyl (C=O) groups excluding carboxylic acids is 3. The molecule has 15 heteroatoms. The van der Waals surface area contributed by atoms with Crippen molar-refractivity contribution in [2.24, 2.45) is 5.92 Å². The Balaban J connectivity index is 2.45. The fourth-order valence-electron chi connectivity index (χ4n) is 3.16. The Bertz CT molecular complexity index is 974. The summed E-state index contributed by atoms with van der Waals surface area (Å²) in [5.74, 6) is -4.18. The summed E-state index contributed by atoms with van der Waals surface area (Å²) in [6.45, 7) is 3.57. The number of nitrogens with one attached hydrogen (secondary N) is 3. The highest BCUT2D eigenvalue weighted by atomic mass is 31.2. The number of phenolic OH excluding ortho intramolecular Hbond substituents is 1. The highest BCUT2D eigenvalue weighted by molar-refractivity contribution is 7.47. The Kier molecular flexibility index (Phi) is 14.5. The molecular weight excluding hydrogens is 525 g/mol. The molecule has 38 heavy (non-hydrogen) atoms. The Morgan fingerprint density at radius 3 is 2.18 bits per heavy atom. The number of carboxylic acids is 1. The Labute approximate surface area is 220 Å². The van der Waals surface area contributed by atoms with Crippen LogP contribution in [0.1, 0.15) is 32.8 Å². The van der Waals surface area contributed by atoms with Gasteiger partial charge in [0.15, 0.2) is 0 Å². The quantitative estimate of drug-likeness (QED) is 0.0816. The van der Waals surface area contributed by atoms with E-state index >= 15 is 0 Å². The number of aromatic hydroxyl groups is 1. The molecule has 0 aliphatic heterocycles. The van der Waals surface area contributed by atoms with Crippen molar-refractivity contribution in [1.82, 2.24) is 16.0 Å². The van der Waals surface area contributed by atoms with Crippen molar-refractivity contribution < 1.29 is 52.6 Å². The van der Waals surface area contributed by atoms with Gasteiger partial charge in [-0.3, -0.25) is 28.2 Å². The van der Waals surface area contributed by atoms with Crippen molar-refractivity contribution in [3.63, 3.8) is 0 Å². The van der Waals surface area contributed by atoms with E-state index in [9.17, 15) is 38.8 Å². The number of carboxylic acid groups (broad SMARTS) is 1. The van der Waals surface area contributed by atoms with Crippen LogP contribution in [0.25, 0.3) is 0 Å². The van der Waals surface area contributed by atoms with Crippen LogP contribution in [-0.2, 0) is 43.9 Å². The maximum absolute atomic E-state index is 12.3. The van der Waals surface area contributed by atoms with Gasteiger partial charge in [-0.05, 0) is 37.5 Å². The number of phosphoric acid groups is 1. The molecule has 4 atom stereocenters. The third-order valence-corrected chi connectivity index (χ3v) is 5.94. The van der Waals surface area contributed by atoms with Crippen molar-refractivity contribution in [1.29, 1.82) is 0 Å². The van der Waals surface area contributed by atoms with E-state index in [0.29, 0.717) is 12.0 Å². The fraction of sp³-hybridized carbons (Fsp3) is 0.565. The summed E-state index contributed by atoms with van der Waals surface area (Å²) in [6, 6.07) is 4.85. The first-order valence-corrected chi connectivity index (χ1v) is 13.3.